The molecule has 3 heterocycles. The predicted molar refractivity (Wildman–Crippen MR) is 87.9 cm³/mol. The smallest absolute Gasteiger partial charge is 0.0897 e. The lowest BCUT2D eigenvalue weighted by Crippen LogP contribution is -2.47. The summed E-state index contributed by atoms with van der Waals surface area (Å²) in [5.41, 5.74) is 1.07. The molecule has 1 fully saturated rings. The number of pyridine rings is 1. The third kappa shape index (κ3) is 3.55. The summed E-state index contributed by atoms with van der Waals surface area (Å²) in [6, 6.07) is 10.4. The molecule has 5 heteroatoms. The van der Waals surface area contributed by atoms with E-state index in [1.807, 2.05) is 35.8 Å². The molecule has 0 bridgehead atoms. The summed E-state index contributed by atoms with van der Waals surface area (Å²) in [5.74, 6) is 0. The molecule has 0 amide bonds. The van der Waals surface area contributed by atoms with Gasteiger partial charge in [-0.15, -0.1) is 11.3 Å². The van der Waals surface area contributed by atoms with E-state index in [1.54, 1.807) is 11.3 Å². The fraction of sp³-hybridized carbons (Fsp3) is 0.471. The molecule has 1 aliphatic rings. The largest absolute Gasteiger partial charge is 0.388 e. The number of aliphatic hydroxyl groups excluding tert-OH is 1. The van der Waals surface area contributed by atoms with Crippen molar-refractivity contribution in [2.24, 2.45) is 0 Å². The van der Waals surface area contributed by atoms with E-state index in [0.717, 1.165) is 23.7 Å². The highest BCUT2D eigenvalue weighted by Gasteiger charge is 2.30. The van der Waals surface area contributed by atoms with E-state index in [9.17, 15) is 5.11 Å². The van der Waals surface area contributed by atoms with Crippen molar-refractivity contribution in [3.8, 4) is 0 Å². The van der Waals surface area contributed by atoms with E-state index in [4.69, 9.17) is 4.74 Å². The van der Waals surface area contributed by atoms with Crippen molar-refractivity contribution in [3.05, 3.63) is 52.5 Å². The third-order valence-corrected chi connectivity index (χ3v) is 5.23. The average Bonchev–Trinajstić information content (AvgIpc) is 3.10. The number of morpholine rings is 1. The van der Waals surface area contributed by atoms with E-state index in [2.05, 4.69) is 22.9 Å². The van der Waals surface area contributed by atoms with Crippen molar-refractivity contribution < 1.29 is 9.84 Å². The van der Waals surface area contributed by atoms with Gasteiger partial charge in [0.1, 0.15) is 0 Å². The molecule has 3 atom stereocenters. The predicted octanol–water partition coefficient (Wildman–Crippen LogP) is 3.03. The van der Waals surface area contributed by atoms with E-state index in [-0.39, 0.29) is 12.1 Å². The van der Waals surface area contributed by atoms with E-state index >= 15 is 0 Å². The molecule has 1 aliphatic heterocycles. The van der Waals surface area contributed by atoms with Gasteiger partial charge in [-0.1, -0.05) is 12.1 Å². The molecule has 2 aromatic heterocycles. The fourth-order valence-electron chi connectivity index (χ4n) is 3.03. The lowest BCUT2D eigenvalue weighted by atomic mass is 10.0. The molecular weight excluding hydrogens is 296 g/mol. The lowest BCUT2D eigenvalue weighted by Gasteiger charge is -2.40. The first-order valence-corrected chi connectivity index (χ1v) is 8.59. The molecule has 0 aliphatic carbocycles. The highest BCUT2D eigenvalue weighted by molar-refractivity contribution is 7.10. The zero-order valence-corrected chi connectivity index (χ0v) is 13.6. The van der Waals surface area contributed by atoms with Crippen molar-refractivity contribution in [2.75, 3.05) is 19.8 Å². The van der Waals surface area contributed by atoms with Gasteiger partial charge in [0.05, 0.1) is 25.0 Å². The molecular formula is C17H22N2O2S. The number of thiophene rings is 1. The summed E-state index contributed by atoms with van der Waals surface area (Å²) in [6.07, 6.45) is 2.10. The van der Waals surface area contributed by atoms with Gasteiger partial charge in [-0.25, -0.2) is 0 Å². The quantitative estimate of drug-likeness (QED) is 0.920. The van der Waals surface area contributed by atoms with Crippen LogP contribution in [-0.4, -0.2) is 40.8 Å². The number of ether oxygens (including phenoxy) is 1. The second-order valence-corrected chi connectivity index (χ2v) is 6.64. The van der Waals surface area contributed by atoms with Crippen molar-refractivity contribution in [1.29, 1.82) is 0 Å². The first kappa shape index (κ1) is 15.6. The highest BCUT2D eigenvalue weighted by atomic mass is 32.1. The Morgan fingerprint density at radius 3 is 3.05 bits per heavy atom. The fourth-order valence-corrected chi connectivity index (χ4v) is 3.75. The standard InChI is InChI=1S/C17H22N2O2S/c1-13(15-5-2-3-7-18-15)19-8-9-21-12-14(19)11-16(20)17-6-4-10-22-17/h2-7,10,13-14,16,20H,8-9,11-12H2,1H3. The van der Waals surface area contributed by atoms with Gasteiger partial charge in [0, 0.05) is 29.7 Å². The van der Waals surface area contributed by atoms with Crippen molar-refractivity contribution >= 4 is 11.3 Å². The average molecular weight is 318 g/mol. The maximum Gasteiger partial charge on any atom is 0.0897 e. The monoisotopic (exact) mass is 318 g/mol. The van der Waals surface area contributed by atoms with E-state index in [0.29, 0.717) is 13.0 Å². The minimum Gasteiger partial charge on any atom is -0.388 e. The number of nitrogens with zero attached hydrogens (tertiary/aromatic N) is 2. The zero-order chi connectivity index (χ0) is 15.4. The SMILES string of the molecule is CC(c1ccccn1)N1CCOCC1CC(O)c1cccs1. The van der Waals surface area contributed by atoms with Crippen molar-refractivity contribution in [2.45, 2.75) is 31.5 Å². The van der Waals surface area contributed by atoms with Gasteiger partial charge in [-0.2, -0.15) is 0 Å². The topological polar surface area (TPSA) is 45.6 Å². The number of aliphatic hydroxyl groups is 1. The van der Waals surface area contributed by atoms with Crippen molar-refractivity contribution in [1.82, 2.24) is 9.88 Å². The lowest BCUT2D eigenvalue weighted by molar-refractivity contribution is -0.0435. The van der Waals surface area contributed by atoms with Gasteiger partial charge >= 0.3 is 0 Å². The Bertz CT molecular complexity index is 561. The van der Waals surface area contributed by atoms with Gasteiger partial charge in [-0.05, 0) is 36.9 Å². The Balaban J connectivity index is 1.71. The molecule has 0 spiro atoms. The van der Waals surface area contributed by atoms with Crippen LogP contribution in [0.1, 0.15) is 36.1 Å². The van der Waals surface area contributed by atoms with E-state index < -0.39 is 6.10 Å². The zero-order valence-electron chi connectivity index (χ0n) is 12.8. The molecule has 0 saturated carbocycles. The van der Waals surface area contributed by atoms with Gasteiger partial charge in [0.25, 0.3) is 0 Å². The van der Waals surface area contributed by atoms with Crippen molar-refractivity contribution in [3.63, 3.8) is 0 Å². The molecule has 4 nitrogen and oxygen atoms in total. The van der Waals surface area contributed by atoms with Crippen LogP contribution in [0.4, 0.5) is 0 Å². The van der Waals surface area contributed by atoms with Crippen LogP contribution in [0.2, 0.25) is 0 Å². The van der Waals surface area contributed by atoms with Gasteiger partial charge in [0.2, 0.25) is 0 Å². The van der Waals surface area contributed by atoms with E-state index in [1.165, 1.54) is 0 Å². The second kappa shape index (κ2) is 7.33. The Kier molecular flexibility index (Phi) is 5.20. The van der Waals surface area contributed by atoms with Crippen LogP contribution in [0.15, 0.2) is 41.9 Å². The molecule has 22 heavy (non-hydrogen) atoms. The molecule has 1 saturated heterocycles. The molecule has 0 aromatic carbocycles. The van der Waals surface area contributed by atoms with Crippen LogP contribution in [0.25, 0.3) is 0 Å². The second-order valence-electron chi connectivity index (χ2n) is 5.66. The number of hydrogen-bond acceptors (Lipinski definition) is 5. The van der Waals surface area contributed by atoms with Crippen LogP contribution >= 0.6 is 11.3 Å². The molecule has 3 rings (SSSR count). The normalized spacial score (nSPS) is 22.4. The summed E-state index contributed by atoms with van der Waals surface area (Å²) in [4.78, 5) is 7.90. The maximum absolute atomic E-state index is 10.4. The Morgan fingerprint density at radius 1 is 1.41 bits per heavy atom. The first-order valence-electron chi connectivity index (χ1n) is 7.71. The number of aromatic nitrogens is 1. The first-order chi connectivity index (χ1) is 10.8. The molecule has 2 aromatic rings. The van der Waals surface area contributed by atoms with Crippen LogP contribution in [0, 0.1) is 0 Å². The van der Waals surface area contributed by atoms with Crippen LogP contribution in [-0.2, 0) is 4.74 Å². The van der Waals surface area contributed by atoms with Crippen LogP contribution < -0.4 is 0 Å². The minimum atomic E-state index is -0.426. The maximum atomic E-state index is 10.4. The van der Waals surface area contributed by atoms with Gasteiger partial charge in [-0.3, -0.25) is 9.88 Å². The molecule has 118 valence electrons. The summed E-state index contributed by atoms with van der Waals surface area (Å²) in [5, 5.41) is 12.4. The molecule has 1 N–H and O–H groups in total. The summed E-state index contributed by atoms with van der Waals surface area (Å²) >= 11 is 1.60. The Morgan fingerprint density at radius 2 is 2.32 bits per heavy atom. The van der Waals surface area contributed by atoms with Gasteiger partial charge < -0.3 is 9.84 Å². The number of hydrogen-bond donors (Lipinski definition) is 1. The summed E-state index contributed by atoms with van der Waals surface area (Å²) < 4.78 is 5.65. The van der Waals surface area contributed by atoms with Crippen LogP contribution in [0.5, 0.6) is 0 Å². The summed E-state index contributed by atoms with van der Waals surface area (Å²) in [7, 11) is 0. The Labute approximate surface area is 135 Å². The molecule has 0 radical (unpaired) electrons. The Hall–Kier alpha value is -1.27. The number of rotatable bonds is 5. The third-order valence-electron chi connectivity index (χ3n) is 4.25. The minimum absolute atomic E-state index is 0.211. The molecule has 3 unspecified atom stereocenters. The highest BCUT2D eigenvalue weighted by Crippen LogP contribution is 2.30. The van der Waals surface area contributed by atoms with Gasteiger partial charge in [0.15, 0.2) is 0 Å². The van der Waals surface area contributed by atoms with Crippen LogP contribution in [0.3, 0.4) is 0 Å². The summed E-state index contributed by atoms with van der Waals surface area (Å²) in [6.45, 7) is 4.46.